The van der Waals surface area contributed by atoms with Crippen LogP contribution in [-0.2, 0) is 14.2 Å². The van der Waals surface area contributed by atoms with Gasteiger partial charge in [-0.1, -0.05) is 6.07 Å². The first-order valence-corrected chi connectivity index (χ1v) is 13.1. The molecule has 0 bridgehead atoms. The molecule has 10 nitrogen and oxygen atoms in total. The second-order valence-corrected chi connectivity index (χ2v) is 10.9. The minimum atomic E-state index is -0.740. The van der Waals surface area contributed by atoms with Crippen LogP contribution >= 0.6 is 22.6 Å². The lowest BCUT2D eigenvalue weighted by Crippen LogP contribution is -2.34. The van der Waals surface area contributed by atoms with Gasteiger partial charge in [0.2, 0.25) is 0 Å². The number of hydrogen-bond acceptors (Lipinski definition) is 8. The highest BCUT2D eigenvalue weighted by atomic mass is 127. The van der Waals surface area contributed by atoms with Gasteiger partial charge in [-0.3, -0.25) is 4.98 Å². The zero-order chi connectivity index (χ0) is 25.7. The first-order chi connectivity index (χ1) is 17.8. The molecule has 0 amide bonds. The molecule has 0 aliphatic carbocycles. The van der Waals surface area contributed by atoms with Crippen molar-refractivity contribution in [3.8, 4) is 5.75 Å². The Morgan fingerprint density at radius 2 is 2.00 bits per heavy atom. The summed E-state index contributed by atoms with van der Waals surface area (Å²) < 4.78 is 28.4. The number of benzene rings is 1. The topological polar surface area (TPSA) is 96.1 Å². The highest BCUT2D eigenvalue weighted by molar-refractivity contribution is 14.1. The Bertz CT molecular complexity index is 1490. The van der Waals surface area contributed by atoms with E-state index in [1.165, 1.54) is 6.33 Å². The molecule has 0 radical (unpaired) electrons. The highest BCUT2D eigenvalue weighted by Crippen LogP contribution is 2.44. The van der Waals surface area contributed by atoms with Crippen molar-refractivity contribution in [1.82, 2.24) is 24.4 Å². The molecule has 2 saturated heterocycles. The number of pyridine rings is 1. The summed E-state index contributed by atoms with van der Waals surface area (Å²) in [5, 5.41) is 1.90. The molecule has 4 atom stereocenters. The summed E-state index contributed by atoms with van der Waals surface area (Å²) in [6.07, 6.45) is 5.51. The SMILES string of the molecule is CN(C)/C=N/c1ncnc2c1ccn2[C@@H]1O[C@H](COc2cc3ncccc3cc2I)[C@H]2OC(C)(C)O[C@H]21. The van der Waals surface area contributed by atoms with E-state index in [1.807, 2.05) is 67.9 Å². The van der Waals surface area contributed by atoms with Crippen LogP contribution in [0.1, 0.15) is 20.1 Å². The van der Waals surface area contributed by atoms with E-state index in [0.717, 1.165) is 31.3 Å². The number of rotatable bonds is 6. The monoisotopic (exact) mass is 614 g/mol. The molecule has 1 aromatic carbocycles. The Morgan fingerprint density at radius 1 is 1.16 bits per heavy atom. The number of fused-ring (bicyclic) bond motifs is 3. The molecule has 3 aromatic heterocycles. The number of nitrogens with zero attached hydrogens (tertiary/aromatic N) is 6. The minimum absolute atomic E-state index is 0.304. The van der Waals surface area contributed by atoms with Crippen molar-refractivity contribution in [3.05, 3.63) is 52.6 Å². The Kier molecular flexibility index (Phi) is 6.25. The predicted molar refractivity (Wildman–Crippen MR) is 147 cm³/mol. The van der Waals surface area contributed by atoms with Gasteiger partial charge < -0.3 is 28.4 Å². The standard InChI is InChI=1S/C26H27IN6O4/c1-26(2)36-21-20(12-34-19-11-18-15(10-17(19)27)6-5-8-28-18)35-25(22(21)37-26)33-9-7-16-23(31-14-32(3)4)29-13-30-24(16)33/h5-11,13-14,20-22,25H,12H2,1-4H3/b31-14+/t20-,21-,22-,25-/m1/s1. The van der Waals surface area contributed by atoms with E-state index >= 15 is 0 Å². The third-order valence-electron chi connectivity index (χ3n) is 6.36. The molecular formula is C26H27IN6O4. The molecule has 0 unspecified atom stereocenters. The zero-order valence-corrected chi connectivity index (χ0v) is 23.1. The van der Waals surface area contributed by atoms with Crippen molar-refractivity contribution in [2.75, 3.05) is 20.7 Å². The molecule has 37 heavy (non-hydrogen) atoms. The summed E-state index contributed by atoms with van der Waals surface area (Å²) >= 11 is 2.28. The zero-order valence-electron chi connectivity index (χ0n) is 20.9. The molecule has 11 heteroatoms. The lowest BCUT2D eigenvalue weighted by Gasteiger charge is -2.25. The number of aliphatic imine (C=N–C) groups is 1. The van der Waals surface area contributed by atoms with Crippen LogP contribution in [-0.4, -0.2) is 75.6 Å². The molecule has 0 spiro atoms. The van der Waals surface area contributed by atoms with Gasteiger partial charge in [0.1, 0.15) is 42.6 Å². The lowest BCUT2D eigenvalue weighted by molar-refractivity contribution is -0.198. The Labute approximate surface area is 227 Å². The number of aromatic nitrogens is 4. The minimum Gasteiger partial charge on any atom is -0.490 e. The molecule has 2 fully saturated rings. The van der Waals surface area contributed by atoms with Crippen molar-refractivity contribution in [3.63, 3.8) is 0 Å². The van der Waals surface area contributed by atoms with Crippen LogP contribution in [0.4, 0.5) is 5.82 Å². The van der Waals surface area contributed by atoms with Gasteiger partial charge in [0.15, 0.2) is 17.8 Å². The second-order valence-electron chi connectivity index (χ2n) is 9.79. The van der Waals surface area contributed by atoms with Crippen molar-refractivity contribution in [2.45, 2.75) is 44.2 Å². The summed E-state index contributed by atoms with van der Waals surface area (Å²) in [6, 6.07) is 9.95. The van der Waals surface area contributed by atoms with Crippen LogP contribution in [0.3, 0.4) is 0 Å². The largest absolute Gasteiger partial charge is 0.490 e. The molecule has 2 aliphatic rings. The maximum Gasteiger partial charge on any atom is 0.166 e. The van der Waals surface area contributed by atoms with Crippen LogP contribution in [0.15, 0.2) is 54.0 Å². The predicted octanol–water partition coefficient (Wildman–Crippen LogP) is 4.30. The van der Waals surface area contributed by atoms with E-state index in [-0.39, 0.29) is 18.3 Å². The normalized spacial score (nSPS) is 24.8. The fourth-order valence-electron chi connectivity index (χ4n) is 4.81. The van der Waals surface area contributed by atoms with Crippen LogP contribution in [0.2, 0.25) is 0 Å². The van der Waals surface area contributed by atoms with E-state index in [4.69, 9.17) is 18.9 Å². The fraction of sp³-hybridized carbons (Fsp3) is 0.385. The molecule has 192 valence electrons. The van der Waals surface area contributed by atoms with Crippen molar-refractivity contribution < 1.29 is 18.9 Å². The molecular weight excluding hydrogens is 587 g/mol. The molecule has 5 heterocycles. The summed E-state index contributed by atoms with van der Waals surface area (Å²) in [6.45, 7) is 4.14. The quantitative estimate of drug-likeness (QED) is 0.180. The van der Waals surface area contributed by atoms with Gasteiger partial charge in [0.25, 0.3) is 0 Å². The van der Waals surface area contributed by atoms with Gasteiger partial charge in [-0.25, -0.2) is 15.0 Å². The molecule has 0 N–H and O–H groups in total. The molecule has 6 rings (SSSR count). The molecule has 4 aromatic rings. The number of halogens is 1. The Morgan fingerprint density at radius 3 is 2.84 bits per heavy atom. The average molecular weight is 614 g/mol. The van der Waals surface area contributed by atoms with Gasteiger partial charge in [-0.05, 0) is 54.6 Å². The van der Waals surface area contributed by atoms with E-state index in [2.05, 4.69) is 48.6 Å². The maximum absolute atomic E-state index is 6.52. The summed E-state index contributed by atoms with van der Waals surface area (Å²) in [4.78, 5) is 19.7. The van der Waals surface area contributed by atoms with E-state index < -0.39 is 12.0 Å². The van der Waals surface area contributed by atoms with Crippen molar-refractivity contribution in [2.24, 2.45) is 4.99 Å². The summed E-state index contributed by atoms with van der Waals surface area (Å²) in [5.41, 5.74) is 1.60. The highest BCUT2D eigenvalue weighted by Gasteiger charge is 2.56. The van der Waals surface area contributed by atoms with Gasteiger partial charge in [-0.15, -0.1) is 0 Å². The molecule has 2 aliphatic heterocycles. The number of hydrogen-bond donors (Lipinski definition) is 0. The first-order valence-electron chi connectivity index (χ1n) is 12.0. The third-order valence-corrected chi connectivity index (χ3v) is 7.20. The van der Waals surface area contributed by atoms with E-state index in [1.54, 1.807) is 12.5 Å². The number of ether oxygens (including phenoxy) is 4. The van der Waals surface area contributed by atoms with E-state index in [9.17, 15) is 0 Å². The molecule has 0 saturated carbocycles. The smallest absolute Gasteiger partial charge is 0.166 e. The average Bonchev–Trinajstić information content (AvgIpc) is 3.52. The van der Waals surface area contributed by atoms with Gasteiger partial charge >= 0.3 is 0 Å². The van der Waals surface area contributed by atoms with Crippen molar-refractivity contribution in [1.29, 1.82) is 0 Å². The van der Waals surface area contributed by atoms with Crippen molar-refractivity contribution >= 4 is 56.7 Å². The summed E-state index contributed by atoms with van der Waals surface area (Å²) in [7, 11) is 3.83. The van der Waals surface area contributed by atoms with E-state index in [0.29, 0.717) is 12.4 Å². The summed E-state index contributed by atoms with van der Waals surface area (Å²) in [5.74, 6) is 0.613. The van der Waals surface area contributed by atoms with Gasteiger partial charge in [0.05, 0.1) is 20.8 Å². The second kappa shape index (κ2) is 9.46. The van der Waals surface area contributed by atoms with Gasteiger partial charge in [-0.2, -0.15) is 0 Å². The van der Waals surface area contributed by atoms with Gasteiger partial charge in [0, 0.05) is 37.9 Å². The Hall–Kier alpha value is -2.87. The maximum atomic E-state index is 6.52. The van der Waals surface area contributed by atoms with Crippen LogP contribution in [0.25, 0.3) is 21.9 Å². The van der Waals surface area contributed by atoms with Crippen LogP contribution in [0, 0.1) is 3.57 Å². The fourth-order valence-corrected chi connectivity index (χ4v) is 5.46. The lowest BCUT2D eigenvalue weighted by atomic mass is 10.1. The first kappa shape index (κ1) is 24.5. The van der Waals surface area contributed by atoms with Crippen LogP contribution in [0.5, 0.6) is 5.75 Å². The third kappa shape index (κ3) is 4.65. The van der Waals surface area contributed by atoms with Crippen LogP contribution < -0.4 is 4.74 Å². The Balaban J connectivity index is 1.28.